The quantitative estimate of drug-likeness (QED) is 0.281. The Morgan fingerprint density at radius 1 is 0.867 bits per heavy atom. The largest absolute Gasteiger partial charge is 0.480 e. The summed E-state index contributed by atoms with van der Waals surface area (Å²) in [7, 11) is -3.88. The van der Waals surface area contributed by atoms with E-state index in [2.05, 4.69) is 22.1 Å². The molecule has 2 aliphatic heterocycles. The highest BCUT2D eigenvalue weighted by atomic mass is 32.2. The number of carboxylic acid groups (broad SMARTS) is 1. The summed E-state index contributed by atoms with van der Waals surface area (Å²) in [5.74, 6) is -2.34. The van der Waals surface area contributed by atoms with Crippen LogP contribution < -0.4 is 0 Å². The van der Waals surface area contributed by atoms with E-state index in [9.17, 15) is 22.4 Å². The second-order valence-electron chi connectivity index (χ2n) is 11.8. The first-order chi connectivity index (χ1) is 21.7. The molecule has 0 saturated carbocycles. The molecule has 3 heterocycles. The van der Waals surface area contributed by atoms with Crippen LogP contribution in [0.25, 0.3) is 5.69 Å². The molecule has 1 atom stereocenters. The fourth-order valence-electron chi connectivity index (χ4n) is 6.49. The summed E-state index contributed by atoms with van der Waals surface area (Å²) in [5.41, 5.74) is 4.30. The van der Waals surface area contributed by atoms with E-state index in [0.29, 0.717) is 36.8 Å². The third-order valence-electron chi connectivity index (χ3n) is 8.83. The van der Waals surface area contributed by atoms with Gasteiger partial charge in [-0.3, -0.25) is 14.5 Å². The van der Waals surface area contributed by atoms with Crippen LogP contribution in [-0.2, 0) is 21.2 Å². The van der Waals surface area contributed by atoms with Gasteiger partial charge in [-0.25, -0.2) is 17.5 Å². The van der Waals surface area contributed by atoms with E-state index in [1.54, 1.807) is 35.1 Å². The highest BCUT2D eigenvalue weighted by Gasteiger charge is 2.34. The SMILES string of the molecule is O=C(O)CS(=O)(=O)c1ccc(CN2CCC(c3c(C(=O)N4CC[C@H](c5ccccc5)C4)cnn3-c3ccc(F)cc3)CC2)cc1. The molecule has 2 aliphatic rings. The molecule has 1 amide bonds. The molecule has 0 radical (unpaired) electrons. The maximum absolute atomic E-state index is 14.0. The van der Waals surface area contributed by atoms with E-state index in [0.717, 1.165) is 43.6 Å². The minimum absolute atomic E-state index is 0.00768. The first-order valence-electron chi connectivity index (χ1n) is 15.1. The number of piperidine rings is 1. The fraction of sp³-hybridized carbons (Fsp3) is 0.324. The minimum Gasteiger partial charge on any atom is -0.480 e. The first kappa shape index (κ1) is 30.7. The van der Waals surface area contributed by atoms with Gasteiger partial charge in [0.1, 0.15) is 5.82 Å². The topological polar surface area (TPSA) is 113 Å². The maximum Gasteiger partial charge on any atom is 0.319 e. The molecule has 234 valence electrons. The van der Waals surface area contributed by atoms with Crippen molar-refractivity contribution in [1.82, 2.24) is 19.6 Å². The van der Waals surface area contributed by atoms with E-state index in [4.69, 9.17) is 5.11 Å². The smallest absolute Gasteiger partial charge is 0.319 e. The number of halogens is 1. The first-order valence-corrected chi connectivity index (χ1v) is 16.8. The average molecular weight is 631 g/mol. The van der Waals surface area contributed by atoms with Crippen molar-refractivity contribution in [3.63, 3.8) is 0 Å². The van der Waals surface area contributed by atoms with E-state index in [1.165, 1.54) is 29.8 Å². The number of aliphatic carboxylic acids is 1. The number of nitrogens with zero attached hydrogens (tertiary/aromatic N) is 4. The lowest BCUT2D eigenvalue weighted by atomic mass is 9.90. The van der Waals surface area contributed by atoms with Gasteiger partial charge in [0.05, 0.1) is 28.0 Å². The van der Waals surface area contributed by atoms with Crippen molar-refractivity contribution in [2.45, 2.75) is 42.5 Å². The van der Waals surface area contributed by atoms with Gasteiger partial charge < -0.3 is 10.0 Å². The molecule has 9 nitrogen and oxygen atoms in total. The number of carbonyl (C=O) groups excluding carboxylic acids is 1. The third-order valence-corrected chi connectivity index (χ3v) is 10.4. The summed E-state index contributed by atoms with van der Waals surface area (Å²) >= 11 is 0. The predicted molar refractivity (Wildman–Crippen MR) is 167 cm³/mol. The minimum atomic E-state index is -3.88. The Bertz CT molecular complexity index is 1770. The second kappa shape index (κ2) is 12.9. The lowest BCUT2D eigenvalue weighted by Crippen LogP contribution is -2.34. The Balaban J connectivity index is 1.18. The van der Waals surface area contributed by atoms with Gasteiger partial charge in [-0.2, -0.15) is 5.10 Å². The number of benzene rings is 3. The van der Waals surface area contributed by atoms with Crippen LogP contribution in [0.15, 0.2) is 90.0 Å². The fourth-order valence-corrected chi connectivity index (χ4v) is 7.53. The summed E-state index contributed by atoms with van der Waals surface area (Å²) in [6.45, 7) is 3.45. The molecule has 1 aromatic heterocycles. The molecule has 6 rings (SSSR count). The second-order valence-corrected chi connectivity index (χ2v) is 13.8. The van der Waals surface area contributed by atoms with Crippen molar-refractivity contribution < 1.29 is 27.5 Å². The van der Waals surface area contributed by atoms with E-state index >= 15 is 0 Å². The van der Waals surface area contributed by atoms with Gasteiger partial charge in [-0.05, 0) is 79.9 Å². The van der Waals surface area contributed by atoms with Gasteiger partial charge in [0.25, 0.3) is 5.91 Å². The van der Waals surface area contributed by atoms with Crippen molar-refractivity contribution in [1.29, 1.82) is 0 Å². The number of carbonyl (C=O) groups is 2. The van der Waals surface area contributed by atoms with E-state index < -0.39 is 21.6 Å². The Morgan fingerprint density at radius 2 is 1.53 bits per heavy atom. The van der Waals surface area contributed by atoms with Crippen LogP contribution in [0.2, 0.25) is 0 Å². The lowest BCUT2D eigenvalue weighted by molar-refractivity contribution is -0.134. The van der Waals surface area contributed by atoms with Crippen LogP contribution in [-0.4, -0.2) is 76.9 Å². The molecule has 4 aromatic rings. The Kier molecular flexibility index (Phi) is 8.82. The molecule has 0 aliphatic carbocycles. The number of amides is 1. The van der Waals surface area contributed by atoms with Crippen molar-refractivity contribution in [3.8, 4) is 5.69 Å². The summed E-state index contributed by atoms with van der Waals surface area (Å²) in [6.07, 6.45) is 4.13. The van der Waals surface area contributed by atoms with Gasteiger partial charge in [0.15, 0.2) is 15.6 Å². The van der Waals surface area contributed by atoms with Gasteiger partial charge in [-0.1, -0.05) is 42.5 Å². The molecule has 2 saturated heterocycles. The predicted octanol–water partition coefficient (Wildman–Crippen LogP) is 4.88. The lowest BCUT2D eigenvalue weighted by Gasteiger charge is -2.33. The van der Waals surface area contributed by atoms with Crippen LogP contribution in [0.3, 0.4) is 0 Å². The van der Waals surface area contributed by atoms with Crippen molar-refractivity contribution >= 4 is 21.7 Å². The summed E-state index contributed by atoms with van der Waals surface area (Å²) in [4.78, 5) is 29.1. The third kappa shape index (κ3) is 6.84. The van der Waals surface area contributed by atoms with Crippen LogP contribution in [0.5, 0.6) is 0 Å². The highest BCUT2D eigenvalue weighted by molar-refractivity contribution is 7.92. The van der Waals surface area contributed by atoms with Crippen LogP contribution in [0.1, 0.15) is 58.3 Å². The maximum atomic E-state index is 14.0. The molecule has 0 unspecified atom stereocenters. The van der Waals surface area contributed by atoms with Crippen molar-refractivity contribution in [3.05, 3.63) is 113 Å². The molecule has 1 N–H and O–H groups in total. The molecule has 2 fully saturated rings. The van der Waals surface area contributed by atoms with Crippen molar-refractivity contribution in [2.24, 2.45) is 0 Å². The van der Waals surface area contributed by atoms with Crippen LogP contribution in [0, 0.1) is 5.82 Å². The molecule has 11 heteroatoms. The number of hydrogen-bond donors (Lipinski definition) is 1. The van der Waals surface area contributed by atoms with Gasteiger partial charge in [0, 0.05) is 31.5 Å². The van der Waals surface area contributed by atoms with Crippen molar-refractivity contribution in [2.75, 3.05) is 31.9 Å². The van der Waals surface area contributed by atoms with E-state index in [1.807, 2.05) is 23.1 Å². The van der Waals surface area contributed by atoms with E-state index in [-0.39, 0.29) is 22.5 Å². The zero-order valence-electron chi connectivity index (χ0n) is 24.8. The highest BCUT2D eigenvalue weighted by Crippen LogP contribution is 2.35. The molecular formula is C34H35FN4O5S. The standard InChI is InChI=1S/C34H35FN4O5S/c35-28-8-10-29(11-9-28)39-33(31(20-36-39)34(42)38-19-16-27(22-38)25-4-2-1-3-5-25)26-14-17-37(18-15-26)21-24-6-12-30(13-7-24)45(43,44)23-32(40)41/h1-13,20,26-27H,14-19,21-23H2,(H,40,41)/t27-/m0/s1. The molecule has 0 bridgehead atoms. The monoisotopic (exact) mass is 630 g/mol. The zero-order chi connectivity index (χ0) is 31.6. The Labute approximate surface area is 261 Å². The number of hydrogen-bond acceptors (Lipinski definition) is 6. The molecular weight excluding hydrogens is 595 g/mol. The Hall–Kier alpha value is -4.35. The number of aromatic nitrogens is 2. The van der Waals surface area contributed by atoms with Crippen LogP contribution >= 0.6 is 0 Å². The molecule has 0 spiro atoms. The Morgan fingerprint density at radius 3 is 2.20 bits per heavy atom. The summed E-state index contributed by atoms with van der Waals surface area (Å²) in [6, 6.07) is 22.8. The number of rotatable bonds is 9. The molecule has 3 aromatic carbocycles. The zero-order valence-corrected chi connectivity index (χ0v) is 25.6. The molecule has 45 heavy (non-hydrogen) atoms. The number of carboxylic acids is 1. The van der Waals surface area contributed by atoms with Crippen LogP contribution in [0.4, 0.5) is 4.39 Å². The number of likely N-dealkylation sites (tertiary alicyclic amines) is 2. The van der Waals surface area contributed by atoms with Gasteiger partial charge in [-0.15, -0.1) is 0 Å². The summed E-state index contributed by atoms with van der Waals surface area (Å²) in [5, 5.41) is 13.5. The van der Waals surface area contributed by atoms with Gasteiger partial charge in [0.2, 0.25) is 0 Å². The average Bonchev–Trinajstić information content (AvgIpc) is 3.70. The normalized spacial score (nSPS) is 17.9. The number of sulfone groups is 1. The van der Waals surface area contributed by atoms with Gasteiger partial charge >= 0.3 is 5.97 Å². The summed E-state index contributed by atoms with van der Waals surface area (Å²) < 4.78 is 40.0.